The molecule has 0 fully saturated rings. The van der Waals surface area contributed by atoms with E-state index in [1.165, 1.54) is 25.3 Å². The number of hydrogen-bond donors (Lipinski definition) is 1. The van der Waals surface area contributed by atoms with E-state index in [2.05, 4.69) is 15.3 Å². The second kappa shape index (κ2) is 7.11. The lowest BCUT2D eigenvalue weighted by molar-refractivity contribution is 0.101. The molecule has 0 bridgehead atoms. The summed E-state index contributed by atoms with van der Waals surface area (Å²) in [4.78, 5) is 19.8. The molecule has 4 nitrogen and oxygen atoms in total. The number of pyridine rings is 2. The van der Waals surface area contributed by atoms with Crippen molar-refractivity contribution in [3.63, 3.8) is 0 Å². The van der Waals surface area contributed by atoms with Crippen LogP contribution in [-0.4, -0.2) is 15.8 Å². The van der Waals surface area contributed by atoms with Crippen LogP contribution in [0.2, 0.25) is 0 Å². The number of carbonyl (C=O) groups excluding carboxylic acids is 1. The number of anilines is 1. The maximum atomic E-state index is 14.4. The molecule has 3 aromatic rings. The lowest BCUT2D eigenvalue weighted by Gasteiger charge is -2.19. The molecule has 0 amide bonds. The number of nitrogens with zero attached hydrogens (tertiary/aromatic N) is 2. The maximum Gasteiger partial charge on any atom is 0.266 e. The summed E-state index contributed by atoms with van der Waals surface area (Å²) in [5.74, 6) is -1.11. The second-order valence-electron chi connectivity index (χ2n) is 5.92. The zero-order chi connectivity index (χ0) is 18.8. The predicted octanol–water partition coefficient (Wildman–Crippen LogP) is 5.08. The minimum absolute atomic E-state index is 0.133. The Morgan fingerprint density at radius 3 is 2.58 bits per heavy atom. The van der Waals surface area contributed by atoms with Crippen molar-refractivity contribution < 1.29 is 18.0 Å². The number of fused-ring (bicyclic) bond motifs is 1. The van der Waals surface area contributed by atoms with Gasteiger partial charge in [-0.25, -0.2) is 13.2 Å². The van der Waals surface area contributed by atoms with Crippen molar-refractivity contribution in [2.24, 2.45) is 0 Å². The largest absolute Gasteiger partial charge is 0.378 e. The Labute approximate surface area is 148 Å². The first-order valence-electron chi connectivity index (χ1n) is 7.97. The van der Waals surface area contributed by atoms with E-state index < -0.39 is 23.8 Å². The quantitative estimate of drug-likeness (QED) is 0.645. The Hall–Kier alpha value is -2.96. The molecule has 0 unspecified atom stereocenters. The van der Waals surface area contributed by atoms with Gasteiger partial charge in [-0.2, -0.15) is 0 Å². The molecular weight excluding hydrogens is 343 g/mol. The van der Waals surface area contributed by atoms with Crippen LogP contribution in [-0.2, 0) is 0 Å². The molecule has 0 radical (unpaired) electrons. The highest BCUT2D eigenvalue weighted by molar-refractivity contribution is 5.99. The number of hydrogen-bond acceptors (Lipinski definition) is 4. The highest BCUT2D eigenvalue weighted by Crippen LogP contribution is 2.30. The molecule has 0 aliphatic heterocycles. The van der Waals surface area contributed by atoms with Gasteiger partial charge in [-0.1, -0.05) is 18.2 Å². The zero-order valence-corrected chi connectivity index (χ0v) is 14.1. The van der Waals surface area contributed by atoms with Gasteiger partial charge >= 0.3 is 0 Å². The first-order chi connectivity index (χ1) is 12.4. The lowest BCUT2D eigenvalue weighted by Crippen LogP contribution is -2.11. The number of carbonyl (C=O) groups is 1. The fourth-order valence-corrected chi connectivity index (χ4v) is 2.75. The van der Waals surface area contributed by atoms with Crippen LogP contribution in [0.1, 0.15) is 47.9 Å². The average molecular weight is 359 g/mol. The zero-order valence-electron chi connectivity index (χ0n) is 14.1. The van der Waals surface area contributed by atoms with Gasteiger partial charge < -0.3 is 5.32 Å². The molecule has 7 heteroatoms. The van der Waals surface area contributed by atoms with E-state index in [4.69, 9.17) is 0 Å². The number of rotatable bonds is 5. The topological polar surface area (TPSA) is 54.9 Å². The Kier molecular flexibility index (Phi) is 4.88. The number of nitrogens with one attached hydrogen (secondary N) is 1. The Morgan fingerprint density at radius 2 is 1.88 bits per heavy atom. The third-order valence-corrected chi connectivity index (χ3v) is 4.12. The molecular formula is C19H16F3N3O. The number of halogens is 3. The molecule has 0 aliphatic carbocycles. The SMILES string of the molecule is CC(=O)c1cc2c(N[C@H](C)c3cccc(C(F)F)c3F)ccnc2cn1. The van der Waals surface area contributed by atoms with Gasteiger partial charge in [-0.3, -0.25) is 14.8 Å². The average Bonchev–Trinajstić information content (AvgIpc) is 2.61. The van der Waals surface area contributed by atoms with Crippen molar-refractivity contribution in [1.82, 2.24) is 9.97 Å². The molecule has 2 heterocycles. The second-order valence-corrected chi connectivity index (χ2v) is 5.92. The molecule has 1 atom stereocenters. The van der Waals surface area contributed by atoms with E-state index in [1.807, 2.05) is 0 Å². The van der Waals surface area contributed by atoms with Crippen LogP contribution in [0.25, 0.3) is 10.9 Å². The van der Waals surface area contributed by atoms with Crippen LogP contribution < -0.4 is 5.32 Å². The number of benzene rings is 1. The molecule has 0 saturated carbocycles. The van der Waals surface area contributed by atoms with Crippen LogP contribution >= 0.6 is 0 Å². The van der Waals surface area contributed by atoms with E-state index in [0.29, 0.717) is 16.6 Å². The van der Waals surface area contributed by atoms with Crippen molar-refractivity contribution in [2.75, 3.05) is 5.32 Å². The van der Waals surface area contributed by atoms with Crippen LogP contribution in [0.3, 0.4) is 0 Å². The van der Waals surface area contributed by atoms with Crippen LogP contribution in [0.5, 0.6) is 0 Å². The van der Waals surface area contributed by atoms with E-state index in [1.54, 1.807) is 25.3 Å². The van der Waals surface area contributed by atoms with E-state index >= 15 is 0 Å². The summed E-state index contributed by atoms with van der Waals surface area (Å²) in [6.45, 7) is 3.08. The van der Waals surface area contributed by atoms with Crippen molar-refractivity contribution in [3.8, 4) is 0 Å². The van der Waals surface area contributed by atoms with Gasteiger partial charge in [0.15, 0.2) is 5.78 Å². The smallest absolute Gasteiger partial charge is 0.266 e. The van der Waals surface area contributed by atoms with Gasteiger partial charge in [0.1, 0.15) is 11.5 Å². The number of Topliss-reactive ketones (excluding diaryl/α,β-unsaturated/α-hetero) is 1. The van der Waals surface area contributed by atoms with Crippen LogP contribution in [0.4, 0.5) is 18.9 Å². The highest BCUT2D eigenvalue weighted by Gasteiger charge is 2.20. The number of ketones is 1. The minimum atomic E-state index is -2.88. The summed E-state index contributed by atoms with van der Waals surface area (Å²) in [7, 11) is 0. The molecule has 1 aromatic carbocycles. The normalized spacial score (nSPS) is 12.4. The molecule has 3 rings (SSSR count). The molecule has 1 N–H and O–H groups in total. The minimum Gasteiger partial charge on any atom is -0.378 e. The fourth-order valence-electron chi connectivity index (χ4n) is 2.75. The van der Waals surface area contributed by atoms with Crippen molar-refractivity contribution >= 4 is 22.4 Å². The van der Waals surface area contributed by atoms with E-state index in [-0.39, 0.29) is 17.0 Å². The molecule has 0 spiro atoms. The van der Waals surface area contributed by atoms with Gasteiger partial charge in [0, 0.05) is 29.8 Å². The predicted molar refractivity (Wildman–Crippen MR) is 92.9 cm³/mol. The molecule has 2 aromatic heterocycles. The fraction of sp³-hybridized carbons (Fsp3) is 0.211. The van der Waals surface area contributed by atoms with Crippen molar-refractivity contribution in [1.29, 1.82) is 0 Å². The van der Waals surface area contributed by atoms with Crippen LogP contribution in [0.15, 0.2) is 42.7 Å². The first kappa shape index (κ1) is 17.8. The van der Waals surface area contributed by atoms with E-state index in [0.717, 1.165) is 6.07 Å². The van der Waals surface area contributed by atoms with Gasteiger partial charge in [-0.05, 0) is 19.1 Å². The summed E-state index contributed by atoms with van der Waals surface area (Å²) >= 11 is 0. The van der Waals surface area contributed by atoms with Crippen molar-refractivity contribution in [3.05, 3.63) is 65.4 Å². The Morgan fingerprint density at radius 1 is 1.15 bits per heavy atom. The highest BCUT2D eigenvalue weighted by atomic mass is 19.3. The standard InChI is InChI=1S/C19H16F3N3O/c1-10(12-4-3-5-13(18(12)20)19(21)22)25-15-6-7-23-17-9-24-16(11(2)26)8-14(15)17/h3-10,19H,1-2H3,(H,23,25)/t10-/m1/s1. The molecule has 134 valence electrons. The van der Waals surface area contributed by atoms with Gasteiger partial charge in [0.05, 0.1) is 23.3 Å². The van der Waals surface area contributed by atoms with Crippen molar-refractivity contribution in [2.45, 2.75) is 26.3 Å². The monoisotopic (exact) mass is 359 g/mol. The van der Waals surface area contributed by atoms with Gasteiger partial charge in [0.2, 0.25) is 0 Å². The van der Waals surface area contributed by atoms with Gasteiger partial charge in [0.25, 0.3) is 6.43 Å². The van der Waals surface area contributed by atoms with Crippen LogP contribution in [0, 0.1) is 5.82 Å². The third kappa shape index (κ3) is 3.37. The Bertz CT molecular complexity index is 975. The van der Waals surface area contributed by atoms with Gasteiger partial charge in [-0.15, -0.1) is 0 Å². The number of alkyl halides is 2. The summed E-state index contributed by atoms with van der Waals surface area (Å²) in [5, 5.41) is 3.75. The first-order valence-corrected chi connectivity index (χ1v) is 7.97. The third-order valence-electron chi connectivity index (χ3n) is 4.12. The molecule has 0 saturated heterocycles. The Balaban J connectivity index is 2.00. The lowest BCUT2D eigenvalue weighted by atomic mass is 10.0. The summed E-state index contributed by atoms with van der Waals surface area (Å²) in [5.41, 5.74) is 0.961. The summed E-state index contributed by atoms with van der Waals surface area (Å²) in [6, 6.07) is 6.64. The maximum absolute atomic E-state index is 14.4. The van der Waals surface area contributed by atoms with E-state index in [9.17, 15) is 18.0 Å². The number of aromatic nitrogens is 2. The molecule has 26 heavy (non-hydrogen) atoms. The molecule has 0 aliphatic rings. The summed E-state index contributed by atoms with van der Waals surface area (Å²) in [6.07, 6.45) is 0.159. The summed E-state index contributed by atoms with van der Waals surface area (Å²) < 4.78 is 40.2.